The predicted molar refractivity (Wildman–Crippen MR) is 42.1 cm³/mol. The fourth-order valence-corrected chi connectivity index (χ4v) is 1.00. The molecule has 0 aromatic carbocycles. The number of ether oxygens (including phenoxy) is 1. The molecule has 0 rings (SSSR count). The highest BCUT2D eigenvalue weighted by Crippen LogP contribution is 2.56. The molecule has 0 aliphatic rings. The first-order chi connectivity index (χ1) is 9.38. The molecule has 0 saturated carbocycles. The zero-order valence-corrected chi connectivity index (χ0v) is 9.82. The Kier molecular flexibility index (Phi) is 5.15. The second-order valence-corrected chi connectivity index (χ2v) is 3.57. The lowest BCUT2D eigenvalue weighted by molar-refractivity contribution is -0.406. The molecule has 132 valence electrons. The first kappa shape index (κ1) is 20.8. The molecule has 0 spiro atoms. The van der Waals surface area contributed by atoms with Crippen molar-refractivity contribution < 1.29 is 61.8 Å². The Morgan fingerprint density at radius 2 is 1.00 bits per heavy atom. The van der Waals surface area contributed by atoms with E-state index in [-0.39, 0.29) is 0 Å². The summed E-state index contributed by atoms with van der Waals surface area (Å²) in [5, 5.41) is 0. The third-order valence-corrected chi connectivity index (χ3v) is 2.16. The van der Waals surface area contributed by atoms with Gasteiger partial charge in [-0.2, -0.15) is 52.7 Å². The smallest absolute Gasteiger partial charge is 0.339 e. The normalized spacial score (nSPS) is 18.8. The summed E-state index contributed by atoms with van der Waals surface area (Å²) in [5.41, 5.74) is 0. The Labute approximate surface area is 112 Å². The maximum absolute atomic E-state index is 13.4. The van der Waals surface area contributed by atoms with Crippen LogP contribution in [0, 0.1) is 0 Å². The van der Waals surface area contributed by atoms with Crippen molar-refractivity contribution in [1.29, 1.82) is 0 Å². The number of rotatable bonds is 4. The van der Waals surface area contributed by atoms with E-state index in [0.717, 1.165) is 0 Å². The van der Waals surface area contributed by atoms with Gasteiger partial charge in [0.2, 0.25) is 11.7 Å². The molecule has 0 aliphatic carbocycles. The summed E-state index contributed by atoms with van der Waals surface area (Å²) < 4.78 is 163. The lowest BCUT2D eigenvalue weighted by Gasteiger charge is -2.36. The number of methoxy groups -OCH3 is 1. The zero-order chi connectivity index (χ0) is 18.4. The second-order valence-electron chi connectivity index (χ2n) is 3.57. The Balaban J connectivity index is 6.37. The van der Waals surface area contributed by atoms with Crippen LogP contribution in [0.5, 0.6) is 0 Å². The summed E-state index contributed by atoms with van der Waals surface area (Å²) >= 11 is 0. The lowest BCUT2D eigenvalue weighted by atomic mass is 10.0. The van der Waals surface area contributed by atoms with E-state index in [1.807, 2.05) is 0 Å². The second kappa shape index (κ2) is 5.45. The Bertz CT molecular complexity index is 444. The molecule has 1 atom stereocenters. The molecule has 22 heavy (non-hydrogen) atoms. The van der Waals surface area contributed by atoms with Crippen LogP contribution in [-0.2, 0) is 4.74 Å². The highest BCUT2D eigenvalue weighted by atomic mass is 19.4. The predicted octanol–water partition coefficient (Wildman–Crippen LogP) is 4.84. The van der Waals surface area contributed by atoms with Gasteiger partial charge in [0.25, 0.3) is 0 Å². The molecule has 0 fully saturated rings. The van der Waals surface area contributed by atoms with Gasteiger partial charge in [0, 0.05) is 7.11 Å². The molecule has 0 amide bonds. The molecule has 0 aliphatic heterocycles. The Morgan fingerprint density at radius 3 is 1.23 bits per heavy atom. The van der Waals surface area contributed by atoms with Gasteiger partial charge in [0.05, 0.1) is 0 Å². The topological polar surface area (TPSA) is 9.23 Å². The molecule has 0 bridgehead atoms. The molecular formula is C8H3F13O. The number of hydrogen-bond acceptors (Lipinski definition) is 1. The molecule has 0 aromatic heterocycles. The molecule has 14 heteroatoms. The van der Waals surface area contributed by atoms with Crippen LogP contribution in [0.15, 0.2) is 11.7 Å². The van der Waals surface area contributed by atoms with E-state index in [2.05, 4.69) is 4.74 Å². The summed E-state index contributed by atoms with van der Waals surface area (Å²) in [6.07, 6.45) is -13.7. The first-order valence-electron chi connectivity index (χ1n) is 4.57. The van der Waals surface area contributed by atoms with Crippen LogP contribution in [0.1, 0.15) is 0 Å². The van der Waals surface area contributed by atoms with Crippen molar-refractivity contribution in [3.05, 3.63) is 11.7 Å². The molecule has 0 N–H and O–H groups in total. The quantitative estimate of drug-likeness (QED) is 0.650. The average Bonchev–Trinajstić information content (AvgIpc) is 2.32. The van der Waals surface area contributed by atoms with Crippen molar-refractivity contribution in [3.63, 3.8) is 0 Å². The van der Waals surface area contributed by atoms with Crippen molar-refractivity contribution in [3.8, 4) is 0 Å². The number of alkyl halides is 11. The highest BCUT2D eigenvalue weighted by Gasteiger charge is 2.83. The molecular weight excluding hydrogens is 359 g/mol. The summed E-state index contributed by atoms with van der Waals surface area (Å²) in [6.45, 7) is 0. The molecule has 0 radical (unpaired) electrons. The van der Waals surface area contributed by atoms with Crippen LogP contribution in [0.25, 0.3) is 0 Å². The monoisotopic (exact) mass is 362 g/mol. The zero-order valence-electron chi connectivity index (χ0n) is 9.82. The summed E-state index contributed by atoms with van der Waals surface area (Å²) in [7, 11) is -0.469. The molecule has 0 aromatic rings. The van der Waals surface area contributed by atoms with E-state index >= 15 is 0 Å². The minimum absolute atomic E-state index is 0.469. The summed E-state index contributed by atoms with van der Waals surface area (Å²) in [6, 6.07) is 0. The van der Waals surface area contributed by atoms with Gasteiger partial charge in [0.1, 0.15) is 0 Å². The van der Waals surface area contributed by atoms with E-state index in [1.54, 1.807) is 0 Å². The van der Waals surface area contributed by atoms with Crippen molar-refractivity contribution in [2.24, 2.45) is 0 Å². The third kappa shape index (κ3) is 2.96. The fraction of sp³-hybridized carbons (Fsp3) is 0.750. The van der Waals surface area contributed by atoms with Gasteiger partial charge in [-0.1, -0.05) is 0 Å². The SMILES string of the molecule is COC(F)(/C(F)=C(/F)C(F)(F)F)C(F)(F)C(F)(F)C(F)(F)F. The largest absolute Gasteiger partial charge is 0.460 e. The van der Waals surface area contributed by atoms with Gasteiger partial charge in [0.15, 0.2) is 0 Å². The van der Waals surface area contributed by atoms with Crippen LogP contribution in [-0.4, -0.2) is 37.2 Å². The van der Waals surface area contributed by atoms with Crippen LogP contribution >= 0.6 is 0 Å². The third-order valence-electron chi connectivity index (χ3n) is 2.16. The van der Waals surface area contributed by atoms with E-state index in [4.69, 9.17) is 0 Å². The molecule has 0 saturated heterocycles. The average molecular weight is 362 g/mol. The number of hydrogen-bond donors (Lipinski definition) is 0. The minimum Gasteiger partial charge on any atom is -0.339 e. The Hall–Kier alpha value is -1.21. The summed E-state index contributed by atoms with van der Waals surface area (Å²) in [5.74, 6) is -29.6. The first-order valence-corrected chi connectivity index (χ1v) is 4.57. The highest BCUT2D eigenvalue weighted by molar-refractivity contribution is 5.21. The van der Waals surface area contributed by atoms with E-state index in [0.29, 0.717) is 0 Å². The van der Waals surface area contributed by atoms with E-state index in [9.17, 15) is 57.1 Å². The lowest BCUT2D eigenvalue weighted by Crippen LogP contribution is -2.63. The van der Waals surface area contributed by atoms with Gasteiger partial charge >= 0.3 is 30.1 Å². The maximum atomic E-state index is 13.4. The van der Waals surface area contributed by atoms with Gasteiger partial charge in [-0.25, -0.2) is 4.39 Å². The Morgan fingerprint density at radius 1 is 0.636 bits per heavy atom. The van der Waals surface area contributed by atoms with Crippen molar-refractivity contribution in [2.75, 3.05) is 7.11 Å². The maximum Gasteiger partial charge on any atom is 0.460 e. The van der Waals surface area contributed by atoms with Crippen LogP contribution < -0.4 is 0 Å². The van der Waals surface area contributed by atoms with Gasteiger partial charge in [-0.3, -0.25) is 0 Å². The van der Waals surface area contributed by atoms with Gasteiger partial charge < -0.3 is 4.74 Å². The number of allylic oxidation sites excluding steroid dienone is 1. The van der Waals surface area contributed by atoms with E-state index < -0.39 is 48.8 Å². The molecule has 1 nitrogen and oxygen atoms in total. The van der Waals surface area contributed by atoms with Crippen LogP contribution in [0.2, 0.25) is 0 Å². The molecule has 1 unspecified atom stereocenters. The van der Waals surface area contributed by atoms with Gasteiger partial charge in [-0.05, 0) is 0 Å². The van der Waals surface area contributed by atoms with Crippen molar-refractivity contribution in [2.45, 2.75) is 30.1 Å². The standard InChI is InChI=1S/C8H3F13O/c1-22-4(11,2(9)3(10)5(12,13)14)6(15,16)7(17,18)8(19,20)21/h1H3/b3-2-. The number of halogens is 13. The summed E-state index contributed by atoms with van der Waals surface area (Å²) in [4.78, 5) is 0. The van der Waals surface area contributed by atoms with Crippen LogP contribution in [0.4, 0.5) is 57.1 Å². The molecule has 0 heterocycles. The fourth-order valence-electron chi connectivity index (χ4n) is 1.00. The minimum atomic E-state index is -7.38. The van der Waals surface area contributed by atoms with Crippen LogP contribution in [0.3, 0.4) is 0 Å². The van der Waals surface area contributed by atoms with E-state index in [1.165, 1.54) is 0 Å². The van der Waals surface area contributed by atoms with Crippen molar-refractivity contribution >= 4 is 0 Å². The van der Waals surface area contributed by atoms with Crippen molar-refractivity contribution in [1.82, 2.24) is 0 Å². The van der Waals surface area contributed by atoms with Gasteiger partial charge in [-0.15, -0.1) is 0 Å².